The Morgan fingerprint density at radius 1 is 0.737 bits per heavy atom. The van der Waals surface area contributed by atoms with Gasteiger partial charge in [0, 0.05) is 11.1 Å². The summed E-state index contributed by atoms with van der Waals surface area (Å²) in [7, 11) is 0. The van der Waals surface area contributed by atoms with Crippen LogP contribution in [0.1, 0.15) is 20.7 Å². The van der Waals surface area contributed by atoms with E-state index in [-0.39, 0.29) is 6.47 Å². The first-order valence-corrected chi connectivity index (χ1v) is 5.47. The lowest BCUT2D eigenvalue weighted by Crippen LogP contribution is -2.14. The van der Waals surface area contributed by atoms with Crippen molar-refractivity contribution in [2.24, 2.45) is 0 Å². The van der Waals surface area contributed by atoms with Crippen LogP contribution in [0.4, 0.5) is 0 Å². The lowest BCUT2D eigenvalue weighted by atomic mass is 10.0. The van der Waals surface area contributed by atoms with Crippen LogP contribution in [0.2, 0.25) is 0 Å². The van der Waals surface area contributed by atoms with Crippen LogP contribution >= 0.6 is 0 Å². The standard InChI is InChI=1S/C14H10O2.CH2O2/c15-13(11-7-3-1-4-8-11)14(16)12-9-5-2-6-10-12;2-1-3/h1-10H;1H,(H,2,3). The van der Waals surface area contributed by atoms with E-state index in [2.05, 4.69) is 0 Å². The third-order valence-electron chi connectivity index (χ3n) is 2.28. The van der Waals surface area contributed by atoms with Gasteiger partial charge < -0.3 is 5.11 Å². The van der Waals surface area contributed by atoms with Crippen molar-refractivity contribution in [2.45, 2.75) is 0 Å². The van der Waals surface area contributed by atoms with Crippen molar-refractivity contribution in [1.82, 2.24) is 0 Å². The quantitative estimate of drug-likeness (QED) is 0.520. The van der Waals surface area contributed by atoms with Gasteiger partial charge in [0.15, 0.2) is 0 Å². The highest BCUT2D eigenvalue weighted by atomic mass is 16.3. The highest BCUT2D eigenvalue weighted by molar-refractivity contribution is 6.49. The van der Waals surface area contributed by atoms with E-state index >= 15 is 0 Å². The lowest BCUT2D eigenvalue weighted by molar-refractivity contribution is -0.122. The number of Topliss-reactive ketones (excluding diaryl/α,β-unsaturated/α-hetero) is 2. The molecule has 0 saturated carbocycles. The SMILES string of the molecule is O=C(C(=O)c1ccccc1)c1ccccc1.O=CO. The van der Waals surface area contributed by atoms with E-state index in [9.17, 15) is 9.59 Å². The van der Waals surface area contributed by atoms with Crippen molar-refractivity contribution in [1.29, 1.82) is 0 Å². The first-order valence-electron chi connectivity index (χ1n) is 5.47. The second-order valence-corrected chi connectivity index (χ2v) is 3.50. The van der Waals surface area contributed by atoms with Crippen LogP contribution in [0, 0.1) is 0 Å². The maximum absolute atomic E-state index is 11.8. The van der Waals surface area contributed by atoms with Crippen molar-refractivity contribution in [2.75, 3.05) is 0 Å². The molecule has 0 aliphatic heterocycles. The molecule has 2 rings (SSSR count). The fourth-order valence-corrected chi connectivity index (χ4v) is 1.44. The largest absolute Gasteiger partial charge is 0.483 e. The molecule has 4 heteroatoms. The van der Waals surface area contributed by atoms with Gasteiger partial charge in [0.2, 0.25) is 11.6 Å². The van der Waals surface area contributed by atoms with Gasteiger partial charge in [-0.15, -0.1) is 0 Å². The number of carboxylic acid groups (broad SMARTS) is 1. The lowest BCUT2D eigenvalue weighted by Gasteiger charge is -1.99. The Morgan fingerprint density at radius 3 is 1.26 bits per heavy atom. The number of hydrogen-bond donors (Lipinski definition) is 1. The second-order valence-electron chi connectivity index (χ2n) is 3.50. The smallest absolute Gasteiger partial charge is 0.290 e. The third-order valence-corrected chi connectivity index (χ3v) is 2.28. The minimum atomic E-state index is -0.466. The number of hydrogen-bond acceptors (Lipinski definition) is 3. The number of rotatable bonds is 3. The molecule has 4 nitrogen and oxygen atoms in total. The summed E-state index contributed by atoms with van der Waals surface area (Å²) in [4.78, 5) is 32.0. The summed E-state index contributed by atoms with van der Waals surface area (Å²) in [5.41, 5.74) is 0.854. The molecule has 19 heavy (non-hydrogen) atoms. The van der Waals surface area contributed by atoms with Gasteiger partial charge in [-0.2, -0.15) is 0 Å². The normalized spacial score (nSPS) is 8.84. The van der Waals surface area contributed by atoms with E-state index < -0.39 is 11.6 Å². The van der Waals surface area contributed by atoms with Gasteiger partial charge in [-0.25, -0.2) is 0 Å². The average molecular weight is 256 g/mol. The summed E-state index contributed by atoms with van der Waals surface area (Å²) < 4.78 is 0. The number of carbonyl (C=O) groups is 3. The van der Waals surface area contributed by atoms with E-state index in [1.54, 1.807) is 48.5 Å². The van der Waals surface area contributed by atoms with E-state index in [1.807, 2.05) is 12.1 Å². The molecule has 0 spiro atoms. The Bertz CT molecular complexity index is 497. The van der Waals surface area contributed by atoms with Crippen LogP contribution < -0.4 is 0 Å². The summed E-state index contributed by atoms with van der Waals surface area (Å²) in [6.45, 7) is -0.250. The molecule has 0 fully saturated rings. The molecular weight excluding hydrogens is 244 g/mol. The molecule has 0 aromatic heterocycles. The van der Waals surface area contributed by atoms with Gasteiger partial charge in [0.1, 0.15) is 0 Å². The first kappa shape index (κ1) is 14.3. The van der Waals surface area contributed by atoms with E-state index in [0.717, 1.165) is 0 Å². The molecule has 0 radical (unpaired) electrons. The van der Waals surface area contributed by atoms with Crippen LogP contribution in [0.15, 0.2) is 60.7 Å². The highest BCUT2D eigenvalue weighted by Gasteiger charge is 2.16. The second kappa shape index (κ2) is 7.55. The maximum Gasteiger partial charge on any atom is 0.290 e. The Kier molecular flexibility index (Phi) is 5.69. The molecule has 0 saturated heterocycles. The molecule has 0 amide bonds. The average Bonchev–Trinajstić information content (AvgIpc) is 2.48. The molecule has 0 unspecified atom stereocenters. The summed E-state index contributed by atoms with van der Waals surface area (Å²) in [5.74, 6) is -0.932. The summed E-state index contributed by atoms with van der Waals surface area (Å²) in [6, 6.07) is 17.2. The van der Waals surface area contributed by atoms with Gasteiger partial charge in [-0.1, -0.05) is 60.7 Å². The summed E-state index contributed by atoms with van der Waals surface area (Å²) in [5, 5.41) is 6.89. The van der Waals surface area contributed by atoms with Crippen LogP contribution in [-0.4, -0.2) is 23.1 Å². The fourth-order valence-electron chi connectivity index (χ4n) is 1.44. The third kappa shape index (κ3) is 4.20. The van der Waals surface area contributed by atoms with Crippen molar-refractivity contribution >= 4 is 18.0 Å². The minimum Gasteiger partial charge on any atom is -0.483 e. The Hall–Kier alpha value is -2.75. The topological polar surface area (TPSA) is 71.4 Å². The van der Waals surface area contributed by atoms with Gasteiger partial charge in [-0.3, -0.25) is 14.4 Å². The predicted octanol–water partition coefficient (Wildman–Crippen LogP) is 2.45. The summed E-state index contributed by atoms with van der Waals surface area (Å²) >= 11 is 0. The van der Waals surface area contributed by atoms with E-state index in [4.69, 9.17) is 9.90 Å². The molecule has 2 aromatic rings. The van der Waals surface area contributed by atoms with Crippen LogP contribution in [0.3, 0.4) is 0 Å². The molecule has 0 aliphatic rings. The van der Waals surface area contributed by atoms with Gasteiger partial charge in [-0.05, 0) is 0 Å². The number of ketones is 2. The van der Waals surface area contributed by atoms with E-state index in [0.29, 0.717) is 11.1 Å². The number of carbonyl (C=O) groups excluding carboxylic acids is 2. The predicted molar refractivity (Wildman–Crippen MR) is 70.2 cm³/mol. The molecular formula is C15H12O4. The molecule has 0 atom stereocenters. The molecule has 2 aromatic carbocycles. The van der Waals surface area contributed by atoms with Gasteiger partial charge >= 0.3 is 0 Å². The molecule has 0 heterocycles. The summed E-state index contributed by atoms with van der Waals surface area (Å²) in [6.07, 6.45) is 0. The van der Waals surface area contributed by atoms with Crippen LogP contribution in [-0.2, 0) is 4.79 Å². The zero-order valence-corrected chi connectivity index (χ0v) is 10.0. The Morgan fingerprint density at radius 2 is 1.00 bits per heavy atom. The van der Waals surface area contributed by atoms with Crippen molar-refractivity contribution < 1.29 is 19.5 Å². The van der Waals surface area contributed by atoms with Gasteiger partial charge in [0.25, 0.3) is 6.47 Å². The van der Waals surface area contributed by atoms with Crippen molar-refractivity contribution in [3.05, 3.63) is 71.8 Å². The first-order chi connectivity index (χ1) is 9.20. The molecule has 0 bridgehead atoms. The number of benzene rings is 2. The zero-order chi connectivity index (χ0) is 14.1. The Labute approximate surface area is 110 Å². The molecule has 0 aliphatic carbocycles. The van der Waals surface area contributed by atoms with Crippen molar-refractivity contribution in [3.8, 4) is 0 Å². The fraction of sp³-hybridized carbons (Fsp3) is 0. The van der Waals surface area contributed by atoms with Crippen molar-refractivity contribution in [3.63, 3.8) is 0 Å². The van der Waals surface area contributed by atoms with Crippen LogP contribution in [0.25, 0.3) is 0 Å². The molecule has 96 valence electrons. The van der Waals surface area contributed by atoms with E-state index in [1.165, 1.54) is 0 Å². The Balaban J connectivity index is 0.000000550. The monoisotopic (exact) mass is 256 g/mol. The van der Waals surface area contributed by atoms with Crippen LogP contribution in [0.5, 0.6) is 0 Å². The zero-order valence-electron chi connectivity index (χ0n) is 10.0. The minimum absolute atomic E-state index is 0.250. The highest BCUT2D eigenvalue weighted by Crippen LogP contribution is 2.07. The maximum atomic E-state index is 11.8. The van der Waals surface area contributed by atoms with Gasteiger partial charge in [0.05, 0.1) is 0 Å². The molecule has 1 N–H and O–H groups in total.